The summed E-state index contributed by atoms with van der Waals surface area (Å²) < 4.78 is 0.829. The van der Waals surface area contributed by atoms with Crippen LogP contribution in [-0.4, -0.2) is 5.10 Å². The first kappa shape index (κ1) is 4.71. The molecule has 0 radical (unpaired) electrons. The molecule has 0 saturated heterocycles. The van der Waals surface area contributed by atoms with Crippen molar-refractivity contribution in [3.8, 4) is 0 Å². The van der Waals surface area contributed by atoms with Crippen molar-refractivity contribution >= 4 is 15.9 Å². The van der Waals surface area contributed by atoms with Gasteiger partial charge in [0.05, 0.1) is 0 Å². The number of halogens is 1. The predicted octanol–water partition coefficient (Wildman–Crippen LogP) is 0.658. The number of nitrogens with zero attached hydrogens (tertiary/aromatic N) is 1. The van der Waals surface area contributed by atoms with Crippen molar-refractivity contribution in [3.05, 3.63) is 22.9 Å². The first-order valence-corrected chi connectivity index (χ1v) is 2.67. The Morgan fingerprint density at radius 2 is 2.57 bits per heavy atom. The molecule has 1 rings (SSSR count). The van der Waals surface area contributed by atoms with Gasteiger partial charge in [0.15, 0.2) is 10.8 Å². The molecule has 1 N–H and O–H groups in total. The molecule has 0 bridgehead atoms. The second kappa shape index (κ2) is 2.02. The van der Waals surface area contributed by atoms with Crippen LogP contribution < -0.4 is 5.10 Å². The van der Waals surface area contributed by atoms with Crippen molar-refractivity contribution in [2.24, 2.45) is 0 Å². The zero-order valence-corrected chi connectivity index (χ0v) is 5.14. The molecule has 1 heterocycles. The normalized spacial score (nSPS) is 8.71. The molecule has 0 unspecified atom stereocenters. The van der Waals surface area contributed by atoms with Crippen LogP contribution in [0.15, 0.2) is 22.9 Å². The lowest BCUT2D eigenvalue weighted by Gasteiger charge is -1.72. The number of hydrogen-bond donors (Lipinski definition) is 0. The zero-order valence-electron chi connectivity index (χ0n) is 3.56. The fraction of sp³-hybridized carbons (Fsp3) is 0. The summed E-state index contributed by atoms with van der Waals surface area (Å²) >= 11 is 3.17. The van der Waals surface area contributed by atoms with Crippen molar-refractivity contribution < 1.29 is 5.10 Å². The molecule has 0 spiro atoms. The second-order valence-corrected chi connectivity index (χ2v) is 1.90. The van der Waals surface area contributed by atoms with Crippen molar-refractivity contribution in [2.75, 3.05) is 0 Å². The van der Waals surface area contributed by atoms with Crippen LogP contribution in [0.4, 0.5) is 0 Å². The van der Waals surface area contributed by atoms with Crippen LogP contribution in [0.1, 0.15) is 0 Å². The van der Waals surface area contributed by atoms with E-state index in [0.717, 1.165) is 4.60 Å². The molecule has 1 aromatic rings. The van der Waals surface area contributed by atoms with E-state index >= 15 is 0 Å². The average molecular weight is 160 g/mol. The Labute approximate surface area is 49.7 Å². The third kappa shape index (κ3) is 1.23. The summed E-state index contributed by atoms with van der Waals surface area (Å²) in [5, 5.41) is 6.43. The third-order valence-corrected chi connectivity index (χ3v) is 1.02. The van der Waals surface area contributed by atoms with Gasteiger partial charge < -0.3 is 0 Å². The van der Waals surface area contributed by atoms with Crippen molar-refractivity contribution in [1.82, 2.24) is 5.10 Å². The SMILES string of the molecule is Brc1ccc[nH+]n1. The summed E-state index contributed by atoms with van der Waals surface area (Å²) in [5.41, 5.74) is 0. The Morgan fingerprint density at radius 1 is 1.71 bits per heavy atom. The Kier molecular flexibility index (Phi) is 1.36. The van der Waals surface area contributed by atoms with Gasteiger partial charge in [0.1, 0.15) is 0 Å². The largest absolute Gasteiger partial charge is 0.193 e. The van der Waals surface area contributed by atoms with E-state index in [9.17, 15) is 0 Å². The van der Waals surface area contributed by atoms with Crippen LogP contribution in [0.2, 0.25) is 0 Å². The monoisotopic (exact) mass is 159 g/mol. The van der Waals surface area contributed by atoms with Crippen LogP contribution in [0.5, 0.6) is 0 Å². The molecule has 2 nitrogen and oxygen atoms in total. The maximum atomic E-state index is 3.77. The molecular formula is C4H4BrN2+. The smallest absolute Gasteiger partial charge is 0.105 e. The quantitative estimate of drug-likeness (QED) is 0.547. The molecule has 36 valence electrons. The van der Waals surface area contributed by atoms with E-state index in [2.05, 4.69) is 26.1 Å². The van der Waals surface area contributed by atoms with Crippen molar-refractivity contribution in [2.45, 2.75) is 0 Å². The summed E-state index contributed by atoms with van der Waals surface area (Å²) in [4.78, 5) is 0. The average Bonchev–Trinajstić information content (AvgIpc) is 1.69. The zero-order chi connectivity index (χ0) is 5.11. The maximum absolute atomic E-state index is 3.77. The molecule has 1 aromatic heterocycles. The van der Waals surface area contributed by atoms with Crippen LogP contribution in [-0.2, 0) is 0 Å². The molecule has 0 aliphatic carbocycles. The molecule has 0 fully saturated rings. The third-order valence-electron chi connectivity index (χ3n) is 0.576. The van der Waals surface area contributed by atoms with E-state index in [1.807, 2.05) is 12.1 Å². The van der Waals surface area contributed by atoms with Gasteiger partial charge in [0.2, 0.25) is 0 Å². The van der Waals surface area contributed by atoms with E-state index in [0.29, 0.717) is 0 Å². The number of nitrogens with one attached hydrogen (secondary N) is 1. The van der Waals surface area contributed by atoms with Crippen molar-refractivity contribution in [3.63, 3.8) is 0 Å². The van der Waals surface area contributed by atoms with E-state index in [-0.39, 0.29) is 0 Å². The van der Waals surface area contributed by atoms with Crippen molar-refractivity contribution in [1.29, 1.82) is 0 Å². The lowest BCUT2D eigenvalue weighted by Crippen LogP contribution is -2.04. The number of hydrogen-bond acceptors (Lipinski definition) is 1. The van der Waals surface area contributed by atoms with E-state index in [4.69, 9.17) is 0 Å². The first-order valence-electron chi connectivity index (χ1n) is 1.88. The Hall–Kier alpha value is -0.440. The van der Waals surface area contributed by atoms with Gasteiger partial charge in [-0.25, -0.2) is 0 Å². The topological polar surface area (TPSA) is 27.0 Å². The van der Waals surface area contributed by atoms with E-state index < -0.39 is 0 Å². The van der Waals surface area contributed by atoms with Gasteiger partial charge >= 0.3 is 0 Å². The summed E-state index contributed by atoms with van der Waals surface area (Å²) in [6.07, 6.45) is 1.75. The highest BCUT2D eigenvalue weighted by Gasteiger charge is 1.83. The maximum Gasteiger partial charge on any atom is 0.193 e. The molecule has 0 aromatic carbocycles. The highest BCUT2D eigenvalue weighted by atomic mass is 79.9. The molecule has 0 aliphatic rings. The lowest BCUT2D eigenvalue weighted by molar-refractivity contribution is -0.456. The second-order valence-electron chi connectivity index (χ2n) is 1.09. The van der Waals surface area contributed by atoms with E-state index in [1.54, 1.807) is 6.20 Å². The standard InChI is InChI=1S/C4H3BrN2/c5-4-2-1-3-6-7-4/h1-3H/p+1. The Morgan fingerprint density at radius 3 is 2.86 bits per heavy atom. The minimum absolute atomic E-state index is 0.829. The van der Waals surface area contributed by atoms with Gasteiger partial charge in [-0.2, -0.15) is 0 Å². The molecule has 7 heavy (non-hydrogen) atoms. The molecule has 0 amide bonds. The molecule has 0 saturated carbocycles. The summed E-state index contributed by atoms with van der Waals surface area (Å²) in [6, 6.07) is 3.73. The van der Waals surface area contributed by atoms with Gasteiger partial charge in [-0.15, -0.1) is 5.10 Å². The van der Waals surface area contributed by atoms with Crippen LogP contribution in [0, 0.1) is 0 Å². The summed E-state index contributed by atoms with van der Waals surface area (Å²) in [7, 11) is 0. The Bertz CT molecular complexity index is 140. The highest BCUT2D eigenvalue weighted by molar-refractivity contribution is 9.10. The minimum Gasteiger partial charge on any atom is -0.105 e. The van der Waals surface area contributed by atoms with Gasteiger partial charge in [0.25, 0.3) is 0 Å². The molecule has 0 aliphatic heterocycles. The molecule has 0 atom stereocenters. The first-order chi connectivity index (χ1) is 3.39. The number of rotatable bonds is 0. The van der Waals surface area contributed by atoms with Gasteiger partial charge in [0, 0.05) is 11.2 Å². The summed E-state index contributed by atoms with van der Waals surface area (Å²) in [6.45, 7) is 0. The number of H-pyrrole nitrogens is 1. The number of aromatic nitrogens is 2. The Balaban J connectivity index is 3.02. The molecular weight excluding hydrogens is 156 g/mol. The van der Waals surface area contributed by atoms with Gasteiger partial charge in [-0.1, -0.05) is 0 Å². The highest BCUT2D eigenvalue weighted by Crippen LogP contribution is 1.96. The van der Waals surface area contributed by atoms with Gasteiger partial charge in [-0.3, -0.25) is 0 Å². The fourth-order valence-corrected chi connectivity index (χ4v) is 0.562. The summed E-state index contributed by atoms with van der Waals surface area (Å²) in [5.74, 6) is 0. The van der Waals surface area contributed by atoms with E-state index in [1.165, 1.54) is 0 Å². The minimum atomic E-state index is 0.829. The van der Waals surface area contributed by atoms with Crippen LogP contribution >= 0.6 is 15.9 Å². The fourth-order valence-electron chi connectivity index (χ4n) is 0.307. The molecule has 3 heteroatoms. The van der Waals surface area contributed by atoms with Crippen LogP contribution in [0.25, 0.3) is 0 Å². The predicted molar refractivity (Wildman–Crippen MR) is 28.5 cm³/mol. The number of aromatic amines is 1. The van der Waals surface area contributed by atoms with Gasteiger partial charge in [-0.05, 0) is 22.0 Å². The van der Waals surface area contributed by atoms with Crippen LogP contribution in [0.3, 0.4) is 0 Å². The lowest BCUT2D eigenvalue weighted by atomic mass is 10.6.